The number of carbonyl (C=O) groups is 1. The van der Waals surface area contributed by atoms with Gasteiger partial charge < -0.3 is 11.1 Å². The number of hydrogen-bond donors (Lipinski definition) is 2. The predicted molar refractivity (Wildman–Crippen MR) is 106 cm³/mol. The third-order valence-electron chi connectivity index (χ3n) is 4.50. The van der Waals surface area contributed by atoms with Crippen molar-refractivity contribution in [1.29, 1.82) is 0 Å². The molecule has 3 aromatic rings. The molecule has 0 saturated carbocycles. The molecule has 0 fully saturated rings. The molecule has 0 saturated heterocycles. The van der Waals surface area contributed by atoms with Crippen molar-refractivity contribution >= 4 is 17.2 Å². The number of nitrogens with zero attached hydrogens (tertiary/aromatic N) is 2. The fraction of sp³-hybridized carbons (Fsp3) is 0.300. The van der Waals surface area contributed by atoms with Crippen LogP contribution in [0.4, 0.5) is 8.78 Å². The van der Waals surface area contributed by atoms with Crippen molar-refractivity contribution in [2.45, 2.75) is 32.9 Å². The van der Waals surface area contributed by atoms with Crippen molar-refractivity contribution in [1.82, 2.24) is 15.1 Å². The second kappa shape index (κ2) is 8.62. The minimum absolute atomic E-state index is 0.185. The summed E-state index contributed by atoms with van der Waals surface area (Å²) in [4.78, 5) is 13.2. The average molecular weight is 404 g/mol. The lowest BCUT2D eigenvalue weighted by atomic mass is 10.1. The van der Waals surface area contributed by atoms with Crippen LogP contribution in [-0.2, 0) is 13.0 Å². The second-order valence-corrected chi connectivity index (χ2v) is 7.46. The van der Waals surface area contributed by atoms with E-state index in [1.54, 1.807) is 0 Å². The largest absolute Gasteiger partial charge is 0.347 e. The number of halogens is 2. The number of amides is 1. The first-order chi connectivity index (χ1) is 13.4. The Morgan fingerprint density at radius 2 is 2.11 bits per heavy atom. The SMILES string of the molecule is CCn1ncc(C)c1-c1csc(C(=O)N[C@H](CN)Cc2ccc(F)c(F)c2)c1. The average Bonchev–Trinajstić information content (AvgIpc) is 3.30. The van der Waals surface area contributed by atoms with E-state index in [1.165, 1.54) is 17.4 Å². The Labute approximate surface area is 166 Å². The van der Waals surface area contributed by atoms with Crippen LogP contribution >= 0.6 is 11.3 Å². The molecule has 1 atom stereocenters. The van der Waals surface area contributed by atoms with E-state index in [9.17, 15) is 13.6 Å². The Morgan fingerprint density at radius 3 is 2.79 bits per heavy atom. The molecular weight excluding hydrogens is 382 g/mol. The second-order valence-electron chi connectivity index (χ2n) is 6.55. The smallest absolute Gasteiger partial charge is 0.261 e. The first-order valence-corrected chi connectivity index (χ1v) is 9.87. The zero-order valence-electron chi connectivity index (χ0n) is 15.7. The Hall–Kier alpha value is -2.58. The van der Waals surface area contributed by atoms with Crippen molar-refractivity contribution in [2.24, 2.45) is 5.73 Å². The van der Waals surface area contributed by atoms with E-state index in [-0.39, 0.29) is 18.5 Å². The molecule has 2 heterocycles. The predicted octanol–water partition coefficient (Wildman–Crippen LogP) is 3.52. The van der Waals surface area contributed by atoms with E-state index in [2.05, 4.69) is 10.4 Å². The quantitative estimate of drug-likeness (QED) is 0.633. The summed E-state index contributed by atoms with van der Waals surface area (Å²) in [6.07, 6.45) is 2.13. The number of benzene rings is 1. The third-order valence-corrected chi connectivity index (χ3v) is 5.43. The molecule has 0 spiro atoms. The maximum atomic E-state index is 13.4. The molecule has 0 aliphatic rings. The summed E-state index contributed by atoms with van der Waals surface area (Å²) in [6, 6.07) is 5.14. The Kier molecular flexibility index (Phi) is 6.21. The van der Waals surface area contributed by atoms with E-state index in [4.69, 9.17) is 5.73 Å². The van der Waals surface area contributed by atoms with Crippen LogP contribution in [0, 0.1) is 18.6 Å². The molecule has 2 aromatic heterocycles. The Bertz CT molecular complexity index is 982. The summed E-state index contributed by atoms with van der Waals surface area (Å²) in [5.41, 5.74) is 9.32. The van der Waals surface area contributed by atoms with Gasteiger partial charge in [-0.2, -0.15) is 5.10 Å². The van der Waals surface area contributed by atoms with Crippen molar-refractivity contribution in [3.05, 3.63) is 63.5 Å². The van der Waals surface area contributed by atoms with Gasteiger partial charge in [0.25, 0.3) is 5.91 Å². The van der Waals surface area contributed by atoms with Crippen LogP contribution in [0.25, 0.3) is 11.3 Å². The van der Waals surface area contributed by atoms with Crippen molar-refractivity contribution < 1.29 is 13.6 Å². The van der Waals surface area contributed by atoms with E-state index < -0.39 is 11.6 Å². The lowest BCUT2D eigenvalue weighted by molar-refractivity contribution is 0.0942. The molecule has 3 N–H and O–H groups in total. The third kappa shape index (κ3) is 4.28. The summed E-state index contributed by atoms with van der Waals surface area (Å²) in [7, 11) is 0. The zero-order chi connectivity index (χ0) is 20.3. The summed E-state index contributed by atoms with van der Waals surface area (Å²) in [6.45, 7) is 4.92. The minimum Gasteiger partial charge on any atom is -0.347 e. The maximum absolute atomic E-state index is 13.4. The highest BCUT2D eigenvalue weighted by atomic mass is 32.1. The molecule has 5 nitrogen and oxygen atoms in total. The van der Waals surface area contributed by atoms with Gasteiger partial charge in [-0.25, -0.2) is 8.78 Å². The number of aryl methyl sites for hydroxylation is 2. The molecule has 148 valence electrons. The van der Waals surface area contributed by atoms with Gasteiger partial charge in [-0.3, -0.25) is 9.48 Å². The number of rotatable bonds is 7. The van der Waals surface area contributed by atoms with Gasteiger partial charge in [0.2, 0.25) is 0 Å². The number of thiophene rings is 1. The van der Waals surface area contributed by atoms with Gasteiger partial charge in [-0.1, -0.05) is 6.07 Å². The fourth-order valence-corrected chi connectivity index (χ4v) is 3.87. The molecule has 1 amide bonds. The molecule has 28 heavy (non-hydrogen) atoms. The first kappa shape index (κ1) is 20.2. The van der Waals surface area contributed by atoms with E-state index >= 15 is 0 Å². The van der Waals surface area contributed by atoms with Crippen LogP contribution in [0.15, 0.2) is 35.8 Å². The van der Waals surface area contributed by atoms with Crippen LogP contribution in [0.5, 0.6) is 0 Å². The van der Waals surface area contributed by atoms with Crippen molar-refractivity contribution in [2.75, 3.05) is 6.54 Å². The van der Waals surface area contributed by atoms with Gasteiger partial charge in [0, 0.05) is 30.1 Å². The maximum Gasteiger partial charge on any atom is 0.261 e. The van der Waals surface area contributed by atoms with E-state index in [0.29, 0.717) is 16.9 Å². The molecule has 0 radical (unpaired) electrons. The zero-order valence-corrected chi connectivity index (χ0v) is 16.5. The number of aromatic nitrogens is 2. The molecule has 3 rings (SSSR count). The first-order valence-electron chi connectivity index (χ1n) is 8.99. The van der Waals surface area contributed by atoms with Crippen molar-refractivity contribution in [3.8, 4) is 11.3 Å². The summed E-state index contributed by atoms with van der Waals surface area (Å²) >= 11 is 1.34. The minimum atomic E-state index is -0.912. The molecule has 0 unspecified atom stereocenters. The monoisotopic (exact) mass is 404 g/mol. The molecule has 1 aromatic carbocycles. The Balaban J connectivity index is 1.72. The van der Waals surface area contributed by atoms with Gasteiger partial charge in [-0.05, 0) is 49.6 Å². The van der Waals surface area contributed by atoms with Gasteiger partial charge in [-0.15, -0.1) is 11.3 Å². The van der Waals surface area contributed by atoms with Crippen molar-refractivity contribution in [3.63, 3.8) is 0 Å². The van der Waals surface area contributed by atoms with Gasteiger partial charge in [0.15, 0.2) is 11.6 Å². The summed E-state index contributed by atoms with van der Waals surface area (Å²) in [5, 5.41) is 9.14. The lowest BCUT2D eigenvalue weighted by Gasteiger charge is -2.16. The lowest BCUT2D eigenvalue weighted by Crippen LogP contribution is -2.41. The molecule has 0 aliphatic carbocycles. The Morgan fingerprint density at radius 1 is 1.32 bits per heavy atom. The van der Waals surface area contributed by atoms with Crippen LogP contribution in [-0.4, -0.2) is 28.3 Å². The van der Waals surface area contributed by atoms with Crippen LogP contribution in [0.2, 0.25) is 0 Å². The highest BCUT2D eigenvalue weighted by Crippen LogP contribution is 2.28. The van der Waals surface area contributed by atoms with Crippen LogP contribution in [0.1, 0.15) is 27.7 Å². The topological polar surface area (TPSA) is 72.9 Å². The number of nitrogens with two attached hydrogens (primary N) is 1. The van der Waals surface area contributed by atoms with Gasteiger partial charge in [0.05, 0.1) is 16.8 Å². The molecule has 8 heteroatoms. The number of nitrogens with one attached hydrogen (secondary N) is 1. The van der Waals surface area contributed by atoms with Crippen LogP contribution in [0.3, 0.4) is 0 Å². The summed E-state index contributed by atoms with van der Waals surface area (Å²) in [5.74, 6) is -2.05. The van der Waals surface area contributed by atoms with Gasteiger partial charge >= 0.3 is 0 Å². The molecule has 0 bridgehead atoms. The fourth-order valence-electron chi connectivity index (χ4n) is 3.08. The van der Waals surface area contributed by atoms with E-state index in [1.807, 2.05) is 36.2 Å². The summed E-state index contributed by atoms with van der Waals surface area (Å²) < 4.78 is 28.4. The van der Waals surface area contributed by atoms with Crippen LogP contribution < -0.4 is 11.1 Å². The standard InChI is InChI=1S/C20H22F2N4OS/c1-3-26-19(12(2)10-24-26)14-8-18(28-11-14)20(27)25-15(9-23)6-13-4-5-16(21)17(22)7-13/h4-5,7-8,10-11,15H,3,6,9,23H2,1-2H3,(H,25,27)/t15-/m0/s1. The highest BCUT2D eigenvalue weighted by Gasteiger charge is 2.18. The normalized spacial score (nSPS) is 12.2. The van der Waals surface area contributed by atoms with E-state index in [0.717, 1.165) is 35.5 Å². The molecule has 0 aliphatic heterocycles. The number of hydrogen-bond acceptors (Lipinski definition) is 4. The van der Waals surface area contributed by atoms with Gasteiger partial charge in [0.1, 0.15) is 0 Å². The number of carbonyl (C=O) groups excluding carboxylic acids is 1. The highest BCUT2D eigenvalue weighted by molar-refractivity contribution is 7.12. The molecular formula is C20H22F2N4OS.